The van der Waals surface area contributed by atoms with Gasteiger partial charge in [-0.3, -0.25) is 0 Å². The van der Waals surface area contributed by atoms with Crippen LogP contribution in [0.1, 0.15) is 64.9 Å². The Morgan fingerprint density at radius 3 is 2.29 bits per heavy atom. The Morgan fingerprint density at radius 1 is 0.871 bits per heavy atom. The third-order valence-electron chi connectivity index (χ3n) is 4.89. The van der Waals surface area contributed by atoms with Crippen molar-refractivity contribution < 1.29 is 9.84 Å². The summed E-state index contributed by atoms with van der Waals surface area (Å²) in [5.41, 5.74) is 2.02. The summed E-state index contributed by atoms with van der Waals surface area (Å²) in [7, 11) is 0. The number of ether oxygens (including phenoxy) is 1. The summed E-state index contributed by atoms with van der Waals surface area (Å²) < 4.78 is 6.07. The van der Waals surface area contributed by atoms with E-state index in [-0.39, 0.29) is 6.10 Å². The summed E-state index contributed by atoms with van der Waals surface area (Å²) in [4.78, 5) is 8.70. The second-order valence-electron chi connectivity index (χ2n) is 6.88. The van der Waals surface area contributed by atoms with E-state index in [1.165, 1.54) is 0 Å². The smallest absolute Gasteiger partial charge is 0.222 e. The highest BCUT2D eigenvalue weighted by Crippen LogP contribution is 2.38. The first-order valence-electron chi connectivity index (χ1n) is 11.4. The van der Waals surface area contributed by atoms with E-state index in [4.69, 9.17) is 4.74 Å². The summed E-state index contributed by atoms with van der Waals surface area (Å²) >= 11 is 0. The highest BCUT2D eigenvalue weighted by atomic mass is 16.5. The molecule has 2 aromatic heterocycles. The Balaban J connectivity index is 0.000000807. The quantitative estimate of drug-likeness (QED) is 0.460. The molecule has 2 unspecified atom stereocenters. The topological polar surface area (TPSA) is 67.3 Å². The molecule has 0 spiro atoms. The first kappa shape index (κ1) is 24.4. The van der Waals surface area contributed by atoms with Gasteiger partial charge in [-0.05, 0) is 67.6 Å². The minimum Gasteiger partial charge on any atom is -0.439 e. The molecule has 0 amide bonds. The average molecular weight is 422 g/mol. The Kier molecular flexibility index (Phi) is 10.5. The molecule has 166 valence electrons. The summed E-state index contributed by atoms with van der Waals surface area (Å²) in [6, 6.07) is 17.5. The predicted molar refractivity (Wildman–Crippen MR) is 128 cm³/mol. The molecule has 2 heterocycles. The van der Waals surface area contributed by atoms with Crippen molar-refractivity contribution in [3.63, 3.8) is 0 Å². The molecular formula is C26H35N3O2. The number of aliphatic hydroxyl groups excluding tert-OH is 1. The predicted octanol–water partition coefficient (Wildman–Crippen LogP) is 7.08. The minimum absolute atomic E-state index is 0.228. The molecule has 1 aliphatic carbocycles. The Bertz CT molecular complexity index is 869. The van der Waals surface area contributed by atoms with Gasteiger partial charge in [-0.25, -0.2) is 9.97 Å². The fourth-order valence-electron chi connectivity index (χ4n) is 3.55. The van der Waals surface area contributed by atoms with Gasteiger partial charge in [0.1, 0.15) is 11.6 Å². The van der Waals surface area contributed by atoms with E-state index in [9.17, 15) is 5.11 Å². The minimum atomic E-state index is -0.228. The molecule has 0 radical (unpaired) electrons. The molecule has 5 nitrogen and oxygen atoms in total. The van der Waals surface area contributed by atoms with Crippen molar-refractivity contribution in [2.45, 2.75) is 65.4 Å². The molecule has 0 bridgehead atoms. The molecule has 5 heteroatoms. The molecule has 2 atom stereocenters. The molecule has 4 rings (SSSR count). The fraction of sp³-hybridized carbons (Fsp3) is 0.385. The number of aromatic nitrogens is 2. The van der Waals surface area contributed by atoms with Gasteiger partial charge in [-0.15, -0.1) is 0 Å². The van der Waals surface area contributed by atoms with Gasteiger partial charge in [-0.2, -0.15) is 0 Å². The molecule has 0 saturated heterocycles. The second-order valence-corrected chi connectivity index (χ2v) is 6.88. The van der Waals surface area contributed by atoms with Gasteiger partial charge in [0, 0.05) is 23.6 Å². The van der Waals surface area contributed by atoms with Crippen LogP contribution in [-0.2, 0) is 0 Å². The zero-order valence-corrected chi connectivity index (χ0v) is 19.1. The van der Waals surface area contributed by atoms with Crippen molar-refractivity contribution in [1.29, 1.82) is 0 Å². The van der Waals surface area contributed by atoms with Gasteiger partial charge in [0.15, 0.2) is 0 Å². The van der Waals surface area contributed by atoms with E-state index in [2.05, 4.69) is 21.4 Å². The van der Waals surface area contributed by atoms with Gasteiger partial charge < -0.3 is 15.2 Å². The maximum Gasteiger partial charge on any atom is 0.222 e. The monoisotopic (exact) mass is 421 g/mol. The van der Waals surface area contributed by atoms with E-state index >= 15 is 0 Å². The van der Waals surface area contributed by atoms with Crippen LogP contribution < -0.4 is 10.1 Å². The number of hydrogen-bond donors (Lipinski definition) is 2. The SMILES string of the molecule is CC.CC.OC1CCCC(c2cccnc2Oc2ccc(Nc3ccccn3)cc2)C1. The molecule has 1 saturated carbocycles. The van der Waals surface area contributed by atoms with Crippen molar-refractivity contribution >= 4 is 11.5 Å². The van der Waals surface area contributed by atoms with E-state index in [0.29, 0.717) is 11.8 Å². The van der Waals surface area contributed by atoms with Crippen molar-refractivity contribution in [1.82, 2.24) is 9.97 Å². The molecular weight excluding hydrogens is 386 g/mol. The molecule has 1 fully saturated rings. The van der Waals surface area contributed by atoms with Crippen molar-refractivity contribution in [2.24, 2.45) is 0 Å². The molecule has 0 aliphatic heterocycles. The lowest BCUT2D eigenvalue weighted by Crippen LogP contribution is -2.18. The average Bonchev–Trinajstić information content (AvgIpc) is 2.84. The van der Waals surface area contributed by atoms with Crippen LogP contribution in [0.2, 0.25) is 0 Å². The van der Waals surface area contributed by atoms with Gasteiger partial charge in [-0.1, -0.05) is 46.2 Å². The first-order valence-corrected chi connectivity index (χ1v) is 11.4. The third-order valence-corrected chi connectivity index (χ3v) is 4.89. The van der Waals surface area contributed by atoms with Gasteiger partial charge in [0.25, 0.3) is 0 Å². The molecule has 2 N–H and O–H groups in total. The lowest BCUT2D eigenvalue weighted by atomic mass is 9.83. The van der Waals surface area contributed by atoms with Gasteiger partial charge >= 0.3 is 0 Å². The van der Waals surface area contributed by atoms with Crippen LogP contribution in [0.15, 0.2) is 67.0 Å². The van der Waals surface area contributed by atoms with Crippen LogP contribution in [0.5, 0.6) is 11.6 Å². The van der Waals surface area contributed by atoms with Crippen LogP contribution in [0.4, 0.5) is 11.5 Å². The van der Waals surface area contributed by atoms with E-state index in [1.807, 2.05) is 76.2 Å². The summed E-state index contributed by atoms with van der Waals surface area (Å²) in [6.45, 7) is 8.00. The van der Waals surface area contributed by atoms with E-state index in [1.54, 1.807) is 12.4 Å². The van der Waals surface area contributed by atoms with Crippen molar-refractivity contribution in [3.8, 4) is 11.6 Å². The highest BCUT2D eigenvalue weighted by Gasteiger charge is 2.24. The summed E-state index contributed by atoms with van der Waals surface area (Å²) in [6.07, 6.45) is 7.03. The first-order chi connectivity index (χ1) is 15.3. The Labute approximate surface area is 186 Å². The van der Waals surface area contributed by atoms with Crippen LogP contribution in [-0.4, -0.2) is 21.2 Å². The van der Waals surface area contributed by atoms with Crippen LogP contribution in [0, 0.1) is 0 Å². The lowest BCUT2D eigenvalue weighted by molar-refractivity contribution is 0.119. The maximum atomic E-state index is 10.00. The van der Waals surface area contributed by atoms with E-state index in [0.717, 1.165) is 48.5 Å². The number of rotatable bonds is 5. The molecule has 3 aromatic rings. The third kappa shape index (κ3) is 7.37. The number of anilines is 2. The number of aliphatic hydroxyl groups is 1. The van der Waals surface area contributed by atoms with Crippen molar-refractivity contribution in [3.05, 3.63) is 72.6 Å². The number of pyridine rings is 2. The molecule has 1 aliphatic rings. The maximum absolute atomic E-state index is 10.00. The normalized spacial score (nSPS) is 17.3. The summed E-state index contributed by atoms with van der Waals surface area (Å²) in [5, 5.41) is 13.3. The van der Waals surface area contributed by atoms with Crippen LogP contribution in [0.25, 0.3) is 0 Å². The zero-order chi connectivity index (χ0) is 22.5. The number of benzene rings is 1. The summed E-state index contributed by atoms with van der Waals surface area (Å²) in [5.74, 6) is 2.46. The lowest BCUT2D eigenvalue weighted by Gasteiger charge is -2.27. The number of hydrogen-bond acceptors (Lipinski definition) is 5. The molecule has 1 aromatic carbocycles. The number of nitrogens with one attached hydrogen (secondary N) is 1. The zero-order valence-electron chi connectivity index (χ0n) is 19.1. The second kappa shape index (κ2) is 13.4. The Hall–Kier alpha value is -2.92. The highest BCUT2D eigenvalue weighted by molar-refractivity contribution is 5.57. The van der Waals surface area contributed by atoms with Gasteiger partial charge in [0.2, 0.25) is 5.88 Å². The van der Waals surface area contributed by atoms with E-state index < -0.39 is 0 Å². The molecule has 31 heavy (non-hydrogen) atoms. The van der Waals surface area contributed by atoms with Crippen LogP contribution in [0.3, 0.4) is 0 Å². The number of nitrogens with zero attached hydrogens (tertiary/aromatic N) is 2. The Morgan fingerprint density at radius 2 is 1.61 bits per heavy atom. The van der Waals surface area contributed by atoms with Gasteiger partial charge in [0.05, 0.1) is 6.10 Å². The fourth-order valence-corrected chi connectivity index (χ4v) is 3.55. The van der Waals surface area contributed by atoms with Crippen molar-refractivity contribution in [2.75, 3.05) is 5.32 Å². The van der Waals surface area contributed by atoms with Crippen LogP contribution >= 0.6 is 0 Å². The largest absolute Gasteiger partial charge is 0.439 e. The standard InChI is InChI=1S/C22H23N3O2.2C2H6/c26-18-6-3-5-16(15-18)20-7-4-14-24-22(20)27-19-11-9-17(10-12-19)25-21-8-1-2-13-23-21;2*1-2/h1-2,4,7-14,16,18,26H,3,5-6,15H2,(H,23,25);2*1-2H3.